The first-order chi connectivity index (χ1) is 7.92. The van der Waals surface area contributed by atoms with Gasteiger partial charge in [0.05, 0.1) is 19.3 Å². The Labute approximate surface area is 98.2 Å². The number of rotatable bonds is 5. The van der Waals surface area contributed by atoms with Gasteiger partial charge in [-0.2, -0.15) is 0 Å². The molecular weight excluding hydrogens is 202 g/mol. The van der Waals surface area contributed by atoms with Gasteiger partial charge in [0.25, 0.3) is 0 Å². The highest BCUT2D eigenvalue weighted by Gasteiger charge is 2.29. The van der Waals surface area contributed by atoms with Gasteiger partial charge in [0.2, 0.25) is 0 Å². The van der Waals surface area contributed by atoms with E-state index in [9.17, 15) is 0 Å². The quantitative estimate of drug-likeness (QED) is 0.777. The second kappa shape index (κ2) is 6.26. The molecule has 0 aromatic carbocycles. The van der Waals surface area contributed by atoms with Crippen LogP contribution in [0.15, 0.2) is 11.8 Å². The Kier molecular flexibility index (Phi) is 4.67. The van der Waals surface area contributed by atoms with Crippen molar-refractivity contribution in [2.24, 2.45) is 5.92 Å². The lowest BCUT2D eigenvalue weighted by atomic mass is 9.95. The van der Waals surface area contributed by atoms with E-state index in [-0.39, 0.29) is 0 Å². The van der Waals surface area contributed by atoms with Crippen molar-refractivity contribution >= 4 is 0 Å². The van der Waals surface area contributed by atoms with E-state index in [1.165, 1.54) is 0 Å². The smallest absolute Gasteiger partial charge is 0.109 e. The summed E-state index contributed by atoms with van der Waals surface area (Å²) in [6, 6.07) is 0.378. The van der Waals surface area contributed by atoms with Gasteiger partial charge in [-0.1, -0.05) is 6.92 Å². The third-order valence-electron chi connectivity index (χ3n) is 3.32. The minimum atomic E-state index is 0.378. The Hall–Kier alpha value is -0.540. The summed E-state index contributed by atoms with van der Waals surface area (Å²) < 4.78 is 11.3. The first-order valence-corrected chi connectivity index (χ1v) is 6.55. The maximum Gasteiger partial charge on any atom is 0.109 e. The summed E-state index contributed by atoms with van der Waals surface area (Å²) in [5, 5.41) is 3.61. The van der Waals surface area contributed by atoms with Gasteiger partial charge in [0, 0.05) is 12.5 Å². The lowest BCUT2D eigenvalue weighted by molar-refractivity contribution is 0.136. The molecule has 0 aromatic rings. The van der Waals surface area contributed by atoms with Crippen LogP contribution in [0.3, 0.4) is 0 Å². The van der Waals surface area contributed by atoms with Crippen LogP contribution in [0.25, 0.3) is 0 Å². The van der Waals surface area contributed by atoms with E-state index in [2.05, 4.69) is 18.3 Å². The van der Waals surface area contributed by atoms with Crippen LogP contribution in [-0.4, -0.2) is 32.4 Å². The molecule has 2 heterocycles. The molecule has 1 fully saturated rings. The molecule has 0 bridgehead atoms. The fraction of sp³-hybridized carbons (Fsp3) is 0.846. The van der Waals surface area contributed by atoms with Gasteiger partial charge in [-0.25, -0.2) is 0 Å². The SMILES string of the molecule is CCCNC(C1=CCCCO1)C1CCOC1. The van der Waals surface area contributed by atoms with Crippen molar-refractivity contribution in [2.45, 2.75) is 38.6 Å². The Morgan fingerprint density at radius 3 is 3.06 bits per heavy atom. The Balaban J connectivity index is 1.97. The van der Waals surface area contributed by atoms with Crippen LogP contribution in [0.2, 0.25) is 0 Å². The predicted molar refractivity (Wildman–Crippen MR) is 64.3 cm³/mol. The lowest BCUT2D eigenvalue weighted by Crippen LogP contribution is -2.40. The van der Waals surface area contributed by atoms with E-state index in [0.717, 1.165) is 57.8 Å². The summed E-state index contributed by atoms with van der Waals surface area (Å²) in [6.45, 7) is 5.92. The highest BCUT2D eigenvalue weighted by Crippen LogP contribution is 2.25. The summed E-state index contributed by atoms with van der Waals surface area (Å²) >= 11 is 0. The van der Waals surface area contributed by atoms with Crippen molar-refractivity contribution < 1.29 is 9.47 Å². The molecule has 2 atom stereocenters. The molecule has 0 amide bonds. The van der Waals surface area contributed by atoms with E-state index < -0.39 is 0 Å². The fourth-order valence-corrected chi connectivity index (χ4v) is 2.41. The normalized spacial score (nSPS) is 27.3. The van der Waals surface area contributed by atoms with Crippen LogP contribution >= 0.6 is 0 Å². The second-order valence-electron chi connectivity index (χ2n) is 4.65. The number of nitrogens with one attached hydrogen (secondary N) is 1. The van der Waals surface area contributed by atoms with Gasteiger partial charge in [-0.15, -0.1) is 0 Å². The lowest BCUT2D eigenvalue weighted by Gasteiger charge is -2.28. The number of allylic oxidation sites excluding steroid dienone is 1. The number of hydrogen-bond donors (Lipinski definition) is 1. The molecule has 3 nitrogen and oxygen atoms in total. The van der Waals surface area contributed by atoms with E-state index >= 15 is 0 Å². The van der Waals surface area contributed by atoms with Crippen molar-refractivity contribution in [3.8, 4) is 0 Å². The third kappa shape index (κ3) is 2.98. The second-order valence-corrected chi connectivity index (χ2v) is 4.65. The summed E-state index contributed by atoms with van der Waals surface area (Å²) in [7, 11) is 0. The van der Waals surface area contributed by atoms with Gasteiger partial charge < -0.3 is 14.8 Å². The topological polar surface area (TPSA) is 30.5 Å². The largest absolute Gasteiger partial charge is 0.497 e. The van der Waals surface area contributed by atoms with E-state index in [4.69, 9.17) is 9.47 Å². The summed E-state index contributed by atoms with van der Waals surface area (Å²) in [5.41, 5.74) is 0. The molecule has 0 aliphatic carbocycles. The molecule has 1 saturated heterocycles. The molecule has 2 unspecified atom stereocenters. The summed E-state index contributed by atoms with van der Waals surface area (Å²) in [6.07, 6.45) is 6.90. The number of hydrogen-bond acceptors (Lipinski definition) is 3. The van der Waals surface area contributed by atoms with Crippen LogP contribution in [-0.2, 0) is 9.47 Å². The summed E-state index contributed by atoms with van der Waals surface area (Å²) in [4.78, 5) is 0. The van der Waals surface area contributed by atoms with Gasteiger partial charge in [0.1, 0.15) is 5.76 Å². The molecule has 92 valence electrons. The molecule has 0 radical (unpaired) electrons. The van der Waals surface area contributed by atoms with Crippen LogP contribution in [0.1, 0.15) is 32.6 Å². The van der Waals surface area contributed by atoms with Gasteiger partial charge in [-0.3, -0.25) is 0 Å². The molecule has 2 rings (SSSR count). The zero-order valence-corrected chi connectivity index (χ0v) is 10.2. The van der Waals surface area contributed by atoms with Gasteiger partial charge >= 0.3 is 0 Å². The average Bonchev–Trinajstić information content (AvgIpc) is 2.85. The molecule has 0 aromatic heterocycles. The molecular formula is C13H23NO2. The minimum Gasteiger partial charge on any atom is -0.497 e. The Morgan fingerprint density at radius 2 is 2.44 bits per heavy atom. The van der Waals surface area contributed by atoms with Gasteiger partial charge in [0.15, 0.2) is 0 Å². The first-order valence-electron chi connectivity index (χ1n) is 6.55. The first kappa shape index (κ1) is 11.9. The van der Waals surface area contributed by atoms with Crippen molar-refractivity contribution in [2.75, 3.05) is 26.4 Å². The maximum absolute atomic E-state index is 5.79. The Morgan fingerprint density at radius 1 is 1.50 bits per heavy atom. The molecule has 2 aliphatic heterocycles. The number of ether oxygens (including phenoxy) is 2. The summed E-state index contributed by atoms with van der Waals surface area (Å²) in [5.74, 6) is 1.76. The predicted octanol–water partition coefficient (Wildman–Crippen LogP) is 2.09. The van der Waals surface area contributed by atoms with Gasteiger partial charge in [-0.05, 0) is 38.3 Å². The van der Waals surface area contributed by atoms with Crippen molar-refractivity contribution in [3.63, 3.8) is 0 Å². The molecule has 0 spiro atoms. The van der Waals surface area contributed by atoms with Crippen LogP contribution in [0.5, 0.6) is 0 Å². The van der Waals surface area contributed by atoms with Crippen LogP contribution in [0.4, 0.5) is 0 Å². The van der Waals surface area contributed by atoms with E-state index in [1.807, 2.05) is 0 Å². The molecule has 1 N–H and O–H groups in total. The zero-order valence-electron chi connectivity index (χ0n) is 10.2. The fourth-order valence-electron chi connectivity index (χ4n) is 2.41. The van der Waals surface area contributed by atoms with E-state index in [1.54, 1.807) is 0 Å². The zero-order chi connectivity index (χ0) is 11.2. The van der Waals surface area contributed by atoms with Crippen LogP contribution in [0, 0.1) is 5.92 Å². The standard InChI is InChI=1S/C13H23NO2/c1-2-7-14-13(11-6-9-15-10-11)12-5-3-4-8-16-12/h5,11,13-14H,2-4,6-10H2,1H3. The molecule has 3 heteroatoms. The third-order valence-corrected chi connectivity index (χ3v) is 3.32. The van der Waals surface area contributed by atoms with Crippen molar-refractivity contribution in [1.82, 2.24) is 5.32 Å². The highest BCUT2D eigenvalue weighted by atomic mass is 16.5. The average molecular weight is 225 g/mol. The molecule has 16 heavy (non-hydrogen) atoms. The Bertz CT molecular complexity index is 234. The monoisotopic (exact) mass is 225 g/mol. The van der Waals surface area contributed by atoms with Crippen LogP contribution < -0.4 is 5.32 Å². The van der Waals surface area contributed by atoms with Crippen molar-refractivity contribution in [3.05, 3.63) is 11.8 Å². The highest BCUT2D eigenvalue weighted by molar-refractivity contribution is 5.08. The molecule has 2 aliphatic rings. The molecule has 0 saturated carbocycles. The van der Waals surface area contributed by atoms with E-state index in [0.29, 0.717) is 12.0 Å². The van der Waals surface area contributed by atoms with Crippen molar-refractivity contribution in [1.29, 1.82) is 0 Å². The maximum atomic E-state index is 5.79. The minimum absolute atomic E-state index is 0.378.